The molecule has 1 aromatic rings. The number of hydrogen-bond acceptors (Lipinski definition) is 4. The summed E-state index contributed by atoms with van der Waals surface area (Å²) in [5, 5.41) is 6.33. The van der Waals surface area contributed by atoms with E-state index < -0.39 is 5.60 Å². The molecule has 24 heavy (non-hydrogen) atoms. The van der Waals surface area contributed by atoms with Crippen molar-refractivity contribution >= 4 is 30.7 Å². The number of methoxy groups -OCH3 is 1. The van der Waals surface area contributed by atoms with Gasteiger partial charge in [0.1, 0.15) is 5.60 Å². The third kappa shape index (κ3) is 5.90. The minimum Gasteiger partial charge on any atom is -0.368 e. The van der Waals surface area contributed by atoms with Crippen molar-refractivity contribution in [2.24, 2.45) is 0 Å². The van der Waals surface area contributed by atoms with Gasteiger partial charge in [0, 0.05) is 20.2 Å². The summed E-state index contributed by atoms with van der Waals surface area (Å²) < 4.78 is 5.56. The molecule has 0 bridgehead atoms. The van der Waals surface area contributed by atoms with Gasteiger partial charge in [0.15, 0.2) is 0 Å². The zero-order valence-electron chi connectivity index (χ0n) is 14.6. The maximum atomic E-state index is 12.6. The molecule has 1 aliphatic rings. The Morgan fingerprint density at radius 3 is 2.33 bits per heavy atom. The quantitative estimate of drug-likeness (QED) is 0.795. The van der Waals surface area contributed by atoms with E-state index in [0.717, 1.165) is 25.2 Å². The van der Waals surface area contributed by atoms with E-state index in [1.165, 1.54) is 5.56 Å². The maximum absolute atomic E-state index is 12.6. The van der Waals surface area contributed by atoms with Crippen molar-refractivity contribution in [3.63, 3.8) is 0 Å². The highest BCUT2D eigenvalue weighted by Gasteiger charge is 2.39. The van der Waals surface area contributed by atoms with E-state index in [2.05, 4.69) is 27.7 Å². The van der Waals surface area contributed by atoms with E-state index in [9.17, 15) is 4.79 Å². The highest BCUT2D eigenvalue weighted by atomic mass is 35.5. The molecule has 1 amide bonds. The Morgan fingerprint density at radius 1 is 1.21 bits per heavy atom. The van der Waals surface area contributed by atoms with Crippen LogP contribution in [0, 0.1) is 0 Å². The maximum Gasteiger partial charge on any atom is 0.252 e. The lowest BCUT2D eigenvalue weighted by atomic mass is 9.91. The monoisotopic (exact) mass is 377 g/mol. The molecule has 0 radical (unpaired) electrons. The van der Waals surface area contributed by atoms with Crippen molar-refractivity contribution < 1.29 is 9.53 Å². The number of carbonyl (C=O) groups excluding carboxylic acids is 1. The Bertz CT molecular complexity index is 506. The fourth-order valence-corrected chi connectivity index (χ4v) is 2.92. The fraction of sp³-hybridized carbons (Fsp3) is 0.588. The van der Waals surface area contributed by atoms with Crippen molar-refractivity contribution in [1.29, 1.82) is 0 Å². The third-order valence-corrected chi connectivity index (χ3v) is 4.26. The van der Waals surface area contributed by atoms with Gasteiger partial charge in [-0.2, -0.15) is 0 Å². The average molecular weight is 378 g/mol. The van der Waals surface area contributed by atoms with Gasteiger partial charge in [-0.15, -0.1) is 24.8 Å². The number of rotatable bonds is 6. The standard InChI is InChI=1S/C17H27N3O2.2ClH/c1-20(2)13-15-7-5-4-6-14(15)12-19-16(21)17(22-3)8-10-18-11-9-17;;/h4-7,18H,8-13H2,1-3H3,(H,19,21);2*1H. The van der Waals surface area contributed by atoms with Crippen molar-refractivity contribution in [1.82, 2.24) is 15.5 Å². The number of hydrogen-bond donors (Lipinski definition) is 2. The van der Waals surface area contributed by atoms with Crippen molar-refractivity contribution in [3.05, 3.63) is 35.4 Å². The van der Waals surface area contributed by atoms with Crippen molar-refractivity contribution in [2.75, 3.05) is 34.3 Å². The molecule has 0 spiro atoms. The number of nitrogens with zero attached hydrogens (tertiary/aromatic N) is 1. The molecule has 0 saturated carbocycles. The van der Waals surface area contributed by atoms with Crippen LogP contribution in [0.3, 0.4) is 0 Å². The molecule has 5 nitrogen and oxygen atoms in total. The lowest BCUT2D eigenvalue weighted by Crippen LogP contribution is -2.54. The highest BCUT2D eigenvalue weighted by molar-refractivity contribution is 5.86. The van der Waals surface area contributed by atoms with Crippen LogP contribution in [0.2, 0.25) is 0 Å². The second kappa shape index (κ2) is 10.9. The van der Waals surface area contributed by atoms with E-state index in [1.807, 2.05) is 26.2 Å². The van der Waals surface area contributed by atoms with Gasteiger partial charge in [-0.1, -0.05) is 24.3 Å². The molecule has 0 aliphatic carbocycles. The summed E-state index contributed by atoms with van der Waals surface area (Å²) in [5.74, 6) is -0.00356. The van der Waals surface area contributed by atoms with Crippen LogP contribution >= 0.6 is 24.8 Å². The first-order valence-corrected chi connectivity index (χ1v) is 7.83. The predicted molar refractivity (Wildman–Crippen MR) is 102 cm³/mol. The fourth-order valence-electron chi connectivity index (χ4n) is 2.92. The zero-order valence-corrected chi connectivity index (χ0v) is 16.3. The summed E-state index contributed by atoms with van der Waals surface area (Å²) in [6.07, 6.45) is 1.43. The number of carbonyl (C=O) groups is 1. The smallest absolute Gasteiger partial charge is 0.252 e. The molecule has 1 aromatic carbocycles. The number of halogens is 2. The molecular formula is C17H29Cl2N3O2. The van der Waals surface area contributed by atoms with Crippen molar-refractivity contribution in [2.45, 2.75) is 31.5 Å². The molecule has 0 unspecified atom stereocenters. The molecule has 1 aliphatic heterocycles. The molecule has 7 heteroatoms. The second-order valence-corrected chi connectivity index (χ2v) is 6.14. The molecule has 1 fully saturated rings. The van der Waals surface area contributed by atoms with Crippen LogP contribution in [0.1, 0.15) is 24.0 Å². The second-order valence-electron chi connectivity index (χ2n) is 6.14. The van der Waals surface area contributed by atoms with Gasteiger partial charge in [0.2, 0.25) is 0 Å². The Hall–Kier alpha value is -0.850. The molecule has 2 rings (SSSR count). The molecular weight excluding hydrogens is 349 g/mol. The normalized spacial score (nSPS) is 16.0. The first-order chi connectivity index (χ1) is 10.6. The first kappa shape index (κ1) is 23.1. The van der Waals surface area contributed by atoms with E-state index in [-0.39, 0.29) is 30.7 Å². The highest BCUT2D eigenvalue weighted by Crippen LogP contribution is 2.23. The van der Waals surface area contributed by atoms with Gasteiger partial charge in [0.25, 0.3) is 5.91 Å². The summed E-state index contributed by atoms with van der Waals surface area (Å²) in [6.45, 7) is 3.05. The van der Waals surface area contributed by atoms with Crippen LogP contribution < -0.4 is 10.6 Å². The summed E-state index contributed by atoms with van der Waals surface area (Å²) in [4.78, 5) is 14.7. The molecule has 1 saturated heterocycles. The van der Waals surface area contributed by atoms with Gasteiger partial charge < -0.3 is 20.3 Å². The van der Waals surface area contributed by atoms with Gasteiger partial charge in [-0.05, 0) is 51.2 Å². The summed E-state index contributed by atoms with van der Waals surface area (Å²) in [5.41, 5.74) is 1.72. The molecule has 2 N–H and O–H groups in total. The zero-order chi connectivity index (χ0) is 16.0. The minimum absolute atomic E-state index is 0. The SMILES string of the molecule is COC1(C(=O)NCc2ccccc2CN(C)C)CCNCC1.Cl.Cl. The van der Waals surface area contributed by atoms with E-state index in [1.54, 1.807) is 7.11 Å². The van der Waals surface area contributed by atoms with Crippen LogP contribution in [0.4, 0.5) is 0 Å². The van der Waals surface area contributed by atoms with Crippen LogP contribution in [-0.4, -0.2) is 50.7 Å². The van der Waals surface area contributed by atoms with Crippen LogP contribution in [-0.2, 0) is 22.6 Å². The summed E-state index contributed by atoms with van der Waals surface area (Å²) in [7, 11) is 5.72. The minimum atomic E-state index is -0.679. The number of piperidine rings is 1. The third-order valence-electron chi connectivity index (χ3n) is 4.26. The Kier molecular flexibility index (Phi) is 10.5. The van der Waals surface area contributed by atoms with Gasteiger partial charge in [-0.25, -0.2) is 0 Å². The van der Waals surface area contributed by atoms with Crippen LogP contribution in [0.15, 0.2) is 24.3 Å². The van der Waals surface area contributed by atoms with Crippen LogP contribution in [0.25, 0.3) is 0 Å². The Balaban J connectivity index is 0.00000264. The topological polar surface area (TPSA) is 53.6 Å². The lowest BCUT2D eigenvalue weighted by molar-refractivity contribution is -0.146. The van der Waals surface area contributed by atoms with Gasteiger partial charge in [-0.3, -0.25) is 4.79 Å². The summed E-state index contributed by atoms with van der Waals surface area (Å²) >= 11 is 0. The molecule has 1 heterocycles. The van der Waals surface area contributed by atoms with Crippen LogP contribution in [0.5, 0.6) is 0 Å². The van der Waals surface area contributed by atoms with E-state index in [4.69, 9.17) is 4.74 Å². The van der Waals surface area contributed by atoms with Gasteiger partial charge >= 0.3 is 0 Å². The molecule has 138 valence electrons. The number of amides is 1. The van der Waals surface area contributed by atoms with Gasteiger partial charge in [0.05, 0.1) is 0 Å². The largest absolute Gasteiger partial charge is 0.368 e. The van der Waals surface area contributed by atoms with E-state index >= 15 is 0 Å². The average Bonchev–Trinajstić information content (AvgIpc) is 2.54. The predicted octanol–water partition coefficient (Wildman–Crippen LogP) is 1.98. The number of benzene rings is 1. The number of nitrogens with one attached hydrogen (secondary N) is 2. The Labute approximate surface area is 157 Å². The number of ether oxygens (including phenoxy) is 1. The molecule has 0 aromatic heterocycles. The lowest BCUT2D eigenvalue weighted by Gasteiger charge is -2.34. The molecule has 0 atom stereocenters. The summed E-state index contributed by atoms with van der Waals surface area (Å²) in [6, 6.07) is 8.23. The Morgan fingerprint density at radius 2 is 1.79 bits per heavy atom. The van der Waals surface area contributed by atoms with Crippen molar-refractivity contribution in [3.8, 4) is 0 Å². The van der Waals surface area contributed by atoms with E-state index in [0.29, 0.717) is 19.4 Å². The first-order valence-electron chi connectivity index (χ1n) is 7.83.